The highest BCUT2D eigenvalue weighted by Gasteiger charge is 2.31. The second-order valence-electron chi connectivity index (χ2n) is 9.47. The summed E-state index contributed by atoms with van der Waals surface area (Å²) in [5.74, 6) is 1.17. The minimum absolute atomic E-state index is 0.0140. The maximum Gasteiger partial charge on any atom is 0.318 e. The Balaban J connectivity index is 1.43. The number of benzene rings is 2. The maximum absolute atomic E-state index is 13.3. The molecule has 2 N–H and O–H groups in total. The molecule has 0 aromatic heterocycles. The predicted molar refractivity (Wildman–Crippen MR) is 131 cm³/mol. The molecule has 2 atom stereocenters. The number of urea groups is 1. The summed E-state index contributed by atoms with van der Waals surface area (Å²) >= 11 is 0. The van der Waals surface area contributed by atoms with E-state index in [4.69, 9.17) is 9.47 Å². The molecule has 1 heterocycles. The maximum atomic E-state index is 13.3. The zero-order chi connectivity index (χ0) is 24.2. The zero-order valence-corrected chi connectivity index (χ0v) is 20.5. The van der Waals surface area contributed by atoms with Crippen LogP contribution < -0.4 is 20.1 Å². The molecular weight excluding hydrogens is 430 g/mol. The van der Waals surface area contributed by atoms with Crippen LogP contribution >= 0.6 is 0 Å². The molecule has 1 aliphatic carbocycles. The lowest BCUT2D eigenvalue weighted by atomic mass is 9.87. The number of nitrogens with zero attached hydrogens (tertiary/aromatic N) is 1. The molecule has 2 aliphatic rings. The van der Waals surface area contributed by atoms with E-state index in [2.05, 4.69) is 22.8 Å². The molecule has 7 nitrogen and oxygen atoms in total. The summed E-state index contributed by atoms with van der Waals surface area (Å²) < 4.78 is 10.8. The van der Waals surface area contributed by atoms with Crippen LogP contribution in [0.3, 0.4) is 0 Å². The van der Waals surface area contributed by atoms with Crippen LogP contribution in [-0.4, -0.2) is 43.6 Å². The molecule has 182 valence electrons. The number of hydrogen-bond acceptors (Lipinski definition) is 4. The average Bonchev–Trinajstić information content (AvgIpc) is 2.85. The number of ether oxygens (including phenoxy) is 2. The molecule has 2 aromatic rings. The Morgan fingerprint density at radius 2 is 1.71 bits per heavy atom. The molecular formula is C27H35N3O4. The second-order valence-corrected chi connectivity index (χ2v) is 9.47. The summed E-state index contributed by atoms with van der Waals surface area (Å²) in [5.41, 5.74) is 4.66. The number of carbonyl (C=O) groups excluding carboxylic acids is 2. The number of methoxy groups -OCH3 is 2. The van der Waals surface area contributed by atoms with Gasteiger partial charge in [0.25, 0.3) is 0 Å². The van der Waals surface area contributed by atoms with Gasteiger partial charge < -0.3 is 25.0 Å². The van der Waals surface area contributed by atoms with Gasteiger partial charge in [0.2, 0.25) is 5.91 Å². The first kappa shape index (κ1) is 23.9. The van der Waals surface area contributed by atoms with Gasteiger partial charge in [0.1, 0.15) is 6.04 Å². The van der Waals surface area contributed by atoms with Gasteiger partial charge in [0.05, 0.1) is 20.3 Å². The normalized spacial score (nSPS) is 17.9. The van der Waals surface area contributed by atoms with Crippen molar-refractivity contribution in [3.63, 3.8) is 0 Å². The first-order valence-corrected chi connectivity index (χ1v) is 12.1. The van der Waals surface area contributed by atoms with E-state index in [9.17, 15) is 9.59 Å². The standard InChI is InChI=1S/C27H35N3O4/c1-17(2)25(26(31)28-22-11-7-9-18-8-5-6-10-21(18)22)29-27(32)30-13-12-19-14-23(33-3)24(34-4)15-20(19)16-30/h5-6,8,10,14-15,17,22,25H,7,9,11-13,16H2,1-4H3,(H,28,31)(H,29,32)/t22-,25+/m1/s1. The van der Waals surface area contributed by atoms with Crippen LogP contribution in [0.4, 0.5) is 4.79 Å². The smallest absolute Gasteiger partial charge is 0.318 e. The molecule has 0 bridgehead atoms. The fourth-order valence-electron chi connectivity index (χ4n) is 4.98. The van der Waals surface area contributed by atoms with Crippen LogP contribution in [-0.2, 0) is 24.2 Å². The Morgan fingerprint density at radius 1 is 1.00 bits per heavy atom. The summed E-state index contributed by atoms with van der Waals surface area (Å²) in [4.78, 5) is 28.2. The fourth-order valence-corrected chi connectivity index (χ4v) is 4.98. The Morgan fingerprint density at radius 3 is 2.41 bits per heavy atom. The Bertz CT molecular complexity index is 1050. The topological polar surface area (TPSA) is 79.9 Å². The van der Waals surface area contributed by atoms with Crippen molar-refractivity contribution in [3.05, 3.63) is 58.7 Å². The highest BCUT2D eigenvalue weighted by atomic mass is 16.5. The molecule has 0 fully saturated rings. The minimum Gasteiger partial charge on any atom is -0.493 e. The number of nitrogens with one attached hydrogen (secondary N) is 2. The summed E-state index contributed by atoms with van der Waals surface area (Å²) in [6.45, 7) is 4.96. The molecule has 1 aliphatic heterocycles. The molecule has 0 saturated carbocycles. The van der Waals surface area contributed by atoms with Gasteiger partial charge in [0, 0.05) is 13.1 Å². The predicted octanol–water partition coefficient (Wildman–Crippen LogP) is 3.99. The van der Waals surface area contributed by atoms with E-state index >= 15 is 0 Å². The van der Waals surface area contributed by atoms with E-state index in [0.29, 0.717) is 24.6 Å². The number of aryl methyl sites for hydroxylation is 1. The lowest BCUT2D eigenvalue weighted by molar-refractivity contribution is -0.124. The monoisotopic (exact) mass is 465 g/mol. The number of amides is 3. The quantitative estimate of drug-likeness (QED) is 0.676. The van der Waals surface area contributed by atoms with Crippen LogP contribution in [0.5, 0.6) is 11.5 Å². The molecule has 0 unspecified atom stereocenters. The Labute approximate surface area is 201 Å². The SMILES string of the molecule is COc1cc2c(cc1OC)CN(C(=O)N[C@H](C(=O)N[C@@H]1CCCc3ccccc31)C(C)C)CC2. The highest BCUT2D eigenvalue weighted by Crippen LogP contribution is 2.33. The van der Waals surface area contributed by atoms with E-state index in [0.717, 1.165) is 36.8 Å². The number of rotatable bonds is 6. The lowest BCUT2D eigenvalue weighted by Gasteiger charge is -2.33. The third-order valence-electron chi connectivity index (χ3n) is 6.92. The first-order valence-electron chi connectivity index (χ1n) is 12.1. The van der Waals surface area contributed by atoms with Crippen molar-refractivity contribution in [2.45, 2.75) is 58.2 Å². The van der Waals surface area contributed by atoms with Gasteiger partial charge in [-0.2, -0.15) is 0 Å². The van der Waals surface area contributed by atoms with Crippen molar-refractivity contribution >= 4 is 11.9 Å². The minimum atomic E-state index is -0.603. The largest absolute Gasteiger partial charge is 0.493 e. The van der Waals surface area contributed by atoms with Crippen molar-refractivity contribution in [2.24, 2.45) is 5.92 Å². The van der Waals surface area contributed by atoms with E-state index in [1.54, 1.807) is 19.1 Å². The second kappa shape index (κ2) is 10.4. The van der Waals surface area contributed by atoms with E-state index in [1.807, 2.05) is 38.1 Å². The fraction of sp³-hybridized carbons (Fsp3) is 0.481. The van der Waals surface area contributed by atoms with Crippen LogP contribution in [0.1, 0.15) is 55.0 Å². The summed E-state index contributed by atoms with van der Waals surface area (Å²) in [6.07, 6.45) is 3.72. The highest BCUT2D eigenvalue weighted by molar-refractivity contribution is 5.87. The molecule has 4 rings (SSSR count). The summed E-state index contributed by atoms with van der Waals surface area (Å²) in [5, 5.41) is 6.21. The van der Waals surface area contributed by atoms with Gasteiger partial charge >= 0.3 is 6.03 Å². The third kappa shape index (κ3) is 4.98. The van der Waals surface area contributed by atoms with E-state index < -0.39 is 6.04 Å². The van der Waals surface area contributed by atoms with Gasteiger partial charge in [-0.25, -0.2) is 4.79 Å². The van der Waals surface area contributed by atoms with E-state index in [-0.39, 0.29) is 23.9 Å². The van der Waals surface area contributed by atoms with Crippen molar-refractivity contribution in [1.29, 1.82) is 0 Å². The molecule has 0 saturated heterocycles. The molecule has 2 aromatic carbocycles. The molecule has 0 radical (unpaired) electrons. The van der Waals surface area contributed by atoms with Crippen molar-refractivity contribution in [1.82, 2.24) is 15.5 Å². The summed E-state index contributed by atoms with van der Waals surface area (Å²) in [6, 6.07) is 11.4. The third-order valence-corrected chi connectivity index (χ3v) is 6.92. The molecule has 34 heavy (non-hydrogen) atoms. The van der Waals surface area contributed by atoms with Crippen molar-refractivity contribution in [3.8, 4) is 11.5 Å². The number of fused-ring (bicyclic) bond motifs is 2. The molecule has 3 amide bonds. The summed E-state index contributed by atoms with van der Waals surface area (Å²) in [7, 11) is 3.23. The van der Waals surface area contributed by atoms with E-state index in [1.165, 1.54) is 11.1 Å². The number of carbonyl (C=O) groups is 2. The van der Waals surface area contributed by atoms with Gasteiger partial charge in [-0.1, -0.05) is 38.1 Å². The van der Waals surface area contributed by atoms with Crippen molar-refractivity contribution < 1.29 is 19.1 Å². The van der Waals surface area contributed by atoms with Crippen molar-refractivity contribution in [2.75, 3.05) is 20.8 Å². The van der Waals surface area contributed by atoms with Gasteiger partial charge in [-0.3, -0.25) is 4.79 Å². The van der Waals surface area contributed by atoms with Crippen LogP contribution in [0, 0.1) is 5.92 Å². The lowest BCUT2D eigenvalue weighted by Crippen LogP contribution is -2.54. The van der Waals surface area contributed by atoms with Gasteiger partial charge in [-0.15, -0.1) is 0 Å². The molecule has 7 heteroatoms. The molecule has 0 spiro atoms. The van der Waals surface area contributed by atoms with Gasteiger partial charge in [0.15, 0.2) is 11.5 Å². The average molecular weight is 466 g/mol. The van der Waals surface area contributed by atoms with Crippen LogP contribution in [0.2, 0.25) is 0 Å². The first-order chi connectivity index (χ1) is 16.4. The zero-order valence-electron chi connectivity index (χ0n) is 20.5. The van der Waals surface area contributed by atoms with Gasteiger partial charge in [-0.05, 0) is 66.0 Å². The van der Waals surface area contributed by atoms with Crippen LogP contribution in [0.25, 0.3) is 0 Å². The Hall–Kier alpha value is -3.22. The Kier molecular flexibility index (Phi) is 7.29. The van der Waals surface area contributed by atoms with Crippen LogP contribution in [0.15, 0.2) is 36.4 Å². The number of hydrogen-bond donors (Lipinski definition) is 2.